The molecule has 1 N–H and O–H groups in total. The second-order valence-electron chi connectivity index (χ2n) is 9.14. The first-order valence-electron chi connectivity index (χ1n) is 10.5. The molecule has 4 rings (SSSR count). The van der Waals surface area contributed by atoms with Gasteiger partial charge in [-0.1, -0.05) is 12.1 Å². The molecule has 1 aliphatic heterocycles. The first-order valence-corrected chi connectivity index (χ1v) is 10.5. The molecule has 7 heteroatoms. The number of para-hydroxylation sites is 2. The Kier molecular flexibility index (Phi) is 5.23. The Morgan fingerprint density at radius 2 is 1.86 bits per heavy atom. The van der Waals surface area contributed by atoms with Gasteiger partial charge in [-0.05, 0) is 58.6 Å². The predicted octanol–water partition coefficient (Wildman–Crippen LogP) is 4.04. The first-order chi connectivity index (χ1) is 13.8. The van der Waals surface area contributed by atoms with Gasteiger partial charge in [0.05, 0.1) is 17.1 Å². The monoisotopic (exact) mass is 397 g/mol. The van der Waals surface area contributed by atoms with Crippen LogP contribution in [0.25, 0.3) is 11.0 Å². The Bertz CT molecular complexity index is 890. The van der Waals surface area contributed by atoms with Crippen LogP contribution in [0.3, 0.4) is 0 Å². The van der Waals surface area contributed by atoms with Gasteiger partial charge in [-0.3, -0.25) is 0 Å². The number of nitrogens with zero attached hydrogens (tertiary/aromatic N) is 4. The summed E-state index contributed by atoms with van der Waals surface area (Å²) in [6.45, 7) is 7.32. The lowest BCUT2D eigenvalue weighted by Crippen LogP contribution is -2.50. The fraction of sp³-hybridized carbons (Fsp3) is 0.591. The number of piperidine rings is 1. The molecule has 1 aromatic heterocycles. The molecule has 156 valence electrons. The highest BCUT2D eigenvalue weighted by atomic mass is 16.6. The highest BCUT2D eigenvalue weighted by Crippen LogP contribution is 2.32. The zero-order chi connectivity index (χ0) is 20.6. The average Bonchev–Trinajstić information content (AvgIpc) is 3.49. The third-order valence-electron chi connectivity index (χ3n) is 5.40. The van der Waals surface area contributed by atoms with Gasteiger partial charge in [0.1, 0.15) is 5.60 Å². The van der Waals surface area contributed by atoms with Gasteiger partial charge in [-0.2, -0.15) is 0 Å². The standard InChI is InChI=1S/C22H31N5O2/c1-22(2,3)29-21(28)26(4)16-8-7-13-27(14-16)20-19(23-15-11-12-15)24-17-9-5-6-10-18(17)25-20/h5-6,9-10,15-16H,7-8,11-14H2,1-4H3,(H,23,24)/t16-/m0/s1. The molecule has 0 spiro atoms. The molecule has 0 unspecified atom stereocenters. The van der Waals surface area contributed by atoms with Crippen molar-refractivity contribution < 1.29 is 9.53 Å². The summed E-state index contributed by atoms with van der Waals surface area (Å²) in [5.41, 5.74) is 1.30. The van der Waals surface area contributed by atoms with E-state index in [0.717, 1.165) is 48.6 Å². The highest BCUT2D eigenvalue weighted by molar-refractivity contribution is 5.80. The van der Waals surface area contributed by atoms with Gasteiger partial charge >= 0.3 is 6.09 Å². The van der Waals surface area contributed by atoms with Crippen molar-refractivity contribution in [1.29, 1.82) is 0 Å². The molecule has 0 radical (unpaired) electrons. The second-order valence-corrected chi connectivity index (χ2v) is 9.14. The number of benzene rings is 1. The number of nitrogens with one attached hydrogen (secondary N) is 1. The minimum atomic E-state index is -0.495. The molecule has 1 saturated carbocycles. The maximum atomic E-state index is 12.5. The number of rotatable bonds is 4. The Morgan fingerprint density at radius 1 is 1.17 bits per heavy atom. The molecular weight excluding hydrogens is 366 g/mol. The fourth-order valence-corrected chi connectivity index (χ4v) is 3.68. The molecule has 7 nitrogen and oxygen atoms in total. The van der Waals surface area contributed by atoms with Crippen LogP contribution in [0.4, 0.5) is 16.4 Å². The molecule has 0 bridgehead atoms. The molecule has 2 aromatic rings. The zero-order valence-corrected chi connectivity index (χ0v) is 17.8. The lowest BCUT2D eigenvalue weighted by Gasteiger charge is -2.39. The summed E-state index contributed by atoms with van der Waals surface area (Å²) in [4.78, 5) is 26.3. The van der Waals surface area contributed by atoms with Crippen molar-refractivity contribution in [1.82, 2.24) is 14.9 Å². The number of fused-ring (bicyclic) bond motifs is 1. The van der Waals surface area contributed by atoms with Crippen molar-refractivity contribution in [2.45, 2.75) is 64.1 Å². The number of amides is 1. The van der Waals surface area contributed by atoms with Crippen LogP contribution in [-0.2, 0) is 4.74 Å². The van der Waals surface area contributed by atoms with E-state index in [4.69, 9.17) is 14.7 Å². The first kappa shape index (κ1) is 19.7. The minimum absolute atomic E-state index is 0.0839. The second kappa shape index (κ2) is 7.69. The van der Waals surface area contributed by atoms with Gasteiger partial charge in [0.25, 0.3) is 0 Å². The number of aromatic nitrogens is 2. The van der Waals surface area contributed by atoms with Crippen LogP contribution in [0.15, 0.2) is 24.3 Å². The summed E-state index contributed by atoms with van der Waals surface area (Å²) in [5, 5.41) is 3.55. The Labute approximate surface area is 172 Å². The van der Waals surface area contributed by atoms with Crippen LogP contribution in [0, 0.1) is 0 Å². The van der Waals surface area contributed by atoms with Gasteiger partial charge in [0.15, 0.2) is 11.6 Å². The van der Waals surface area contributed by atoms with Gasteiger partial charge < -0.3 is 19.9 Å². The number of anilines is 2. The molecule has 1 amide bonds. The number of carbonyl (C=O) groups excluding carboxylic acids is 1. The third-order valence-corrected chi connectivity index (χ3v) is 5.40. The van der Waals surface area contributed by atoms with Crippen LogP contribution < -0.4 is 10.2 Å². The molecule has 29 heavy (non-hydrogen) atoms. The molecular formula is C22H31N5O2. The molecule has 1 aromatic carbocycles. The molecule has 1 atom stereocenters. The smallest absolute Gasteiger partial charge is 0.410 e. The van der Waals surface area contributed by atoms with Crippen LogP contribution in [-0.4, -0.2) is 58.8 Å². The van der Waals surface area contributed by atoms with Gasteiger partial charge in [-0.15, -0.1) is 0 Å². The van der Waals surface area contributed by atoms with Crippen molar-refractivity contribution in [3.8, 4) is 0 Å². The summed E-state index contributed by atoms with van der Waals surface area (Å²) in [6, 6.07) is 8.56. The van der Waals surface area contributed by atoms with E-state index < -0.39 is 5.60 Å². The number of ether oxygens (including phenoxy) is 1. The number of hydrogen-bond acceptors (Lipinski definition) is 6. The maximum Gasteiger partial charge on any atom is 0.410 e. The molecule has 2 aliphatic rings. The highest BCUT2D eigenvalue weighted by Gasteiger charge is 2.32. The van der Waals surface area contributed by atoms with E-state index in [1.54, 1.807) is 4.90 Å². The van der Waals surface area contributed by atoms with Crippen molar-refractivity contribution in [2.75, 3.05) is 30.4 Å². The van der Waals surface area contributed by atoms with Crippen LogP contribution in [0.1, 0.15) is 46.5 Å². The summed E-state index contributed by atoms with van der Waals surface area (Å²) >= 11 is 0. The number of likely N-dealkylation sites (N-methyl/N-ethyl adjacent to an activating group) is 1. The quantitative estimate of drug-likeness (QED) is 0.840. The van der Waals surface area contributed by atoms with Crippen LogP contribution in [0.2, 0.25) is 0 Å². The minimum Gasteiger partial charge on any atom is -0.444 e. The predicted molar refractivity (Wildman–Crippen MR) is 115 cm³/mol. The lowest BCUT2D eigenvalue weighted by molar-refractivity contribution is 0.0209. The summed E-state index contributed by atoms with van der Waals surface area (Å²) < 4.78 is 5.56. The topological polar surface area (TPSA) is 70.6 Å². The van der Waals surface area contributed by atoms with Crippen molar-refractivity contribution in [3.63, 3.8) is 0 Å². The van der Waals surface area contributed by atoms with Crippen LogP contribution in [0.5, 0.6) is 0 Å². The fourth-order valence-electron chi connectivity index (χ4n) is 3.68. The summed E-state index contributed by atoms with van der Waals surface area (Å²) in [5.74, 6) is 1.74. The van der Waals surface area contributed by atoms with Gasteiger partial charge in [0, 0.05) is 26.2 Å². The SMILES string of the molecule is CN(C(=O)OC(C)(C)C)[C@H]1CCCN(c2nc3ccccc3nc2NC2CC2)C1. The molecule has 2 fully saturated rings. The maximum absolute atomic E-state index is 12.5. The van der Waals surface area contributed by atoms with Crippen LogP contribution >= 0.6 is 0 Å². The van der Waals surface area contributed by atoms with Crippen molar-refractivity contribution in [2.24, 2.45) is 0 Å². The van der Waals surface area contributed by atoms with Crippen molar-refractivity contribution in [3.05, 3.63) is 24.3 Å². The average molecular weight is 398 g/mol. The van der Waals surface area contributed by atoms with E-state index >= 15 is 0 Å². The number of carbonyl (C=O) groups is 1. The van der Waals surface area contributed by atoms with E-state index in [2.05, 4.69) is 10.2 Å². The zero-order valence-electron chi connectivity index (χ0n) is 17.8. The largest absolute Gasteiger partial charge is 0.444 e. The van der Waals surface area contributed by atoms with E-state index in [1.165, 1.54) is 12.8 Å². The third kappa shape index (κ3) is 4.71. The van der Waals surface area contributed by atoms with E-state index in [9.17, 15) is 4.79 Å². The van der Waals surface area contributed by atoms with E-state index in [1.807, 2.05) is 52.1 Å². The van der Waals surface area contributed by atoms with E-state index in [0.29, 0.717) is 6.04 Å². The lowest BCUT2D eigenvalue weighted by atomic mass is 10.0. The number of hydrogen-bond donors (Lipinski definition) is 1. The Hall–Kier alpha value is -2.57. The normalized spacial score (nSPS) is 19.9. The summed E-state index contributed by atoms with van der Waals surface area (Å²) in [6.07, 6.45) is 4.04. The van der Waals surface area contributed by atoms with Gasteiger partial charge in [-0.25, -0.2) is 14.8 Å². The Morgan fingerprint density at radius 3 is 2.52 bits per heavy atom. The molecule has 1 saturated heterocycles. The van der Waals surface area contributed by atoms with Gasteiger partial charge in [0.2, 0.25) is 0 Å². The van der Waals surface area contributed by atoms with Crippen molar-refractivity contribution >= 4 is 28.8 Å². The summed E-state index contributed by atoms with van der Waals surface area (Å²) in [7, 11) is 1.83. The van der Waals surface area contributed by atoms with E-state index in [-0.39, 0.29) is 12.1 Å². The molecule has 2 heterocycles. The molecule has 1 aliphatic carbocycles. The Balaban J connectivity index is 1.57.